The van der Waals surface area contributed by atoms with Crippen LogP contribution < -0.4 is 0 Å². The van der Waals surface area contributed by atoms with E-state index in [1.165, 1.54) is 0 Å². The summed E-state index contributed by atoms with van der Waals surface area (Å²) in [6.07, 6.45) is 1.88. The second kappa shape index (κ2) is 2.31. The third-order valence-electron chi connectivity index (χ3n) is 0.925. The Kier molecular flexibility index (Phi) is 1.64. The topological polar surface area (TPSA) is 74.7 Å². The zero-order chi connectivity index (χ0) is 7.72. The smallest absolute Gasteiger partial charge is 0.271 e. The maximum Gasteiger partial charge on any atom is 0.271 e. The number of nitrogens with zero attached hydrogens (tertiary/aromatic N) is 1. The monoisotopic (exact) mass is 161 g/mol. The lowest BCUT2D eigenvalue weighted by Crippen LogP contribution is -2.31. The predicted molar refractivity (Wildman–Crippen MR) is 31.8 cm³/mol. The fourth-order valence-electron chi connectivity index (χ4n) is 0.541. The minimum atomic E-state index is -2.53. The van der Waals surface area contributed by atoms with Gasteiger partial charge in [0.05, 0.1) is 0 Å². The highest BCUT2D eigenvalue weighted by molar-refractivity contribution is 7.78. The normalized spacial score (nSPS) is 20.3. The van der Waals surface area contributed by atoms with Crippen molar-refractivity contribution < 1.29 is 18.4 Å². The molecule has 0 fully saturated rings. The fraction of sp³-hybridized carbons (Fsp3) is 0. The molecule has 1 rings (SSSR count). The van der Waals surface area contributed by atoms with Gasteiger partial charge in [0.1, 0.15) is 0 Å². The van der Waals surface area contributed by atoms with E-state index in [9.17, 15) is 13.8 Å². The maximum atomic E-state index is 10.5. The van der Waals surface area contributed by atoms with Gasteiger partial charge in [0, 0.05) is 12.2 Å². The summed E-state index contributed by atoms with van der Waals surface area (Å²) >= 11 is -2.53. The Balaban J connectivity index is 2.90. The van der Waals surface area contributed by atoms with E-state index in [0.29, 0.717) is 0 Å². The molecule has 0 saturated carbocycles. The van der Waals surface area contributed by atoms with Crippen LogP contribution in [0.4, 0.5) is 0 Å². The molecule has 2 amide bonds. The largest absolute Gasteiger partial charge is 0.289 e. The quantitative estimate of drug-likeness (QED) is 0.397. The minimum absolute atomic E-state index is 0.250. The first kappa shape index (κ1) is 7.10. The van der Waals surface area contributed by atoms with Gasteiger partial charge in [0.25, 0.3) is 23.1 Å². The van der Waals surface area contributed by atoms with Crippen LogP contribution in [0, 0.1) is 0 Å². The van der Waals surface area contributed by atoms with Crippen molar-refractivity contribution in [1.29, 1.82) is 0 Å². The predicted octanol–water partition coefficient (Wildman–Crippen LogP) is -0.952. The molecular formula is C4H3NO4S. The number of hydrogen-bond acceptors (Lipinski definition) is 3. The third kappa shape index (κ3) is 0.981. The zero-order valence-corrected chi connectivity index (χ0v) is 5.50. The molecule has 10 heavy (non-hydrogen) atoms. The lowest BCUT2D eigenvalue weighted by molar-refractivity contribution is -0.130. The standard InChI is InChI=1S/C4H3NO4S/c6-3-1-2-4(7)5(3)10(8)9/h1-2H,(H,8,9). The molecule has 0 bridgehead atoms. The van der Waals surface area contributed by atoms with Gasteiger partial charge in [-0.05, 0) is 0 Å². The number of rotatable bonds is 1. The Morgan fingerprint density at radius 1 is 1.30 bits per heavy atom. The Labute approximate surface area is 58.7 Å². The molecule has 0 aromatic carbocycles. The van der Waals surface area contributed by atoms with Crippen molar-refractivity contribution in [2.45, 2.75) is 0 Å². The van der Waals surface area contributed by atoms with Gasteiger partial charge < -0.3 is 0 Å². The van der Waals surface area contributed by atoms with Crippen LogP contribution in [0.5, 0.6) is 0 Å². The molecule has 0 spiro atoms. The van der Waals surface area contributed by atoms with Crippen LogP contribution in [0.1, 0.15) is 0 Å². The van der Waals surface area contributed by atoms with Crippen LogP contribution in [-0.2, 0) is 20.9 Å². The minimum Gasteiger partial charge on any atom is -0.289 e. The molecule has 0 saturated heterocycles. The van der Waals surface area contributed by atoms with Crippen molar-refractivity contribution in [3.8, 4) is 0 Å². The van der Waals surface area contributed by atoms with Gasteiger partial charge in [0.15, 0.2) is 0 Å². The molecule has 1 heterocycles. The lowest BCUT2D eigenvalue weighted by atomic mass is 10.6. The molecule has 0 aromatic heterocycles. The van der Waals surface area contributed by atoms with Crippen LogP contribution in [0.2, 0.25) is 0 Å². The van der Waals surface area contributed by atoms with Gasteiger partial charge in [-0.3, -0.25) is 14.1 Å². The molecule has 1 aliphatic rings. The Hall–Kier alpha value is -1.01. The van der Waals surface area contributed by atoms with E-state index in [4.69, 9.17) is 4.55 Å². The molecular weight excluding hydrogens is 158 g/mol. The Bertz CT molecular complexity index is 228. The molecule has 0 radical (unpaired) electrons. The van der Waals surface area contributed by atoms with Gasteiger partial charge in [0.2, 0.25) is 0 Å². The van der Waals surface area contributed by atoms with Crippen LogP contribution in [-0.4, -0.2) is 24.9 Å². The SMILES string of the molecule is O=C1C=CC(=O)N1S(=O)O. The second-order valence-electron chi connectivity index (χ2n) is 1.53. The number of hydrogen-bond donors (Lipinski definition) is 1. The molecule has 5 nitrogen and oxygen atoms in total. The van der Waals surface area contributed by atoms with Crippen molar-refractivity contribution in [3.63, 3.8) is 0 Å². The average molecular weight is 161 g/mol. The van der Waals surface area contributed by atoms with Gasteiger partial charge in [-0.1, -0.05) is 0 Å². The lowest BCUT2D eigenvalue weighted by Gasteiger charge is -2.04. The summed E-state index contributed by atoms with van der Waals surface area (Å²) in [7, 11) is 0. The highest BCUT2D eigenvalue weighted by Crippen LogP contribution is 2.04. The van der Waals surface area contributed by atoms with Crippen LogP contribution in [0.15, 0.2) is 12.2 Å². The molecule has 1 aliphatic heterocycles. The van der Waals surface area contributed by atoms with E-state index in [-0.39, 0.29) is 4.31 Å². The molecule has 0 aromatic rings. The molecule has 1 N–H and O–H groups in total. The van der Waals surface area contributed by atoms with Crippen molar-refractivity contribution in [2.24, 2.45) is 0 Å². The van der Waals surface area contributed by atoms with Crippen LogP contribution in [0.3, 0.4) is 0 Å². The van der Waals surface area contributed by atoms with E-state index in [1.807, 2.05) is 0 Å². The van der Waals surface area contributed by atoms with Crippen molar-refractivity contribution in [2.75, 3.05) is 0 Å². The average Bonchev–Trinajstić information content (AvgIpc) is 2.11. The zero-order valence-electron chi connectivity index (χ0n) is 4.68. The molecule has 1 unspecified atom stereocenters. The van der Waals surface area contributed by atoms with E-state index in [2.05, 4.69) is 0 Å². The van der Waals surface area contributed by atoms with E-state index in [1.54, 1.807) is 0 Å². The highest BCUT2D eigenvalue weighted by Gasteiger charge is 2.27. The molecule has 54 valence electrons. The first-order valence-corrected chi connectivity index (χ1v) is 3.36. The van der Waals surface area contributed by atoms with Crippen LogP contribution >= 0.6 is 0 Å². The summed E-state index contributed by atoms with van der Waals surface area (Å²) in [6, 6.07) is 0. The van der Waals surface area contributed by atoms with Gasteiger partial charge >= 0.3 is 0 Å². The second-order valence-corrected chi connectivity index (χ2v) is 2.36. The number of imide groups is 1. The van der Waals surface area contributed by atoms with Crippen molar-refractivity contribution >= 4 is 23.1 Å². The number of carbonyl (C=O) groups is 2. The van der Waals surface area contributed by atoms with E-state index < -0.39 is 23.1 Å². The summed E-state index contributed by atoms with van der Waals surface area (Å²) in [5.74, 6) is -1.52. The van der Waals surface area contributed by atoms with E-state index in [0.717, 1.165) is 12.2 Å². The summed E-state index contributed by atoms with van der Waals surface area (Å²) in [5.41, 5.74) is 0. The Morgan fingerprint density at radius 2 is 1.70 bits per heavy atom. The highest BCUT2D eigenvalue weighted by atomic mass is 32.2. The van der Waals surface area contributed by atoms with Crippen LogP contribution in [0.25, 0.3) is 0 Å². The summed E-state index contributed by atoms with van der Waals surface area (Å²) in [5, 5.41) is 0. The van der Waals surface area contributed by atoms with Gasteiger partial charge in [-0.15, -0.1) is 0 Å². The summed E-state index contributed by atoms with van der Waals surface area (Å²) in [4.78, 5) is 21.0. The fourth-order valence-corrected chi connectivity index (χ4v) is 0.970. The Morgan fingerprint density at radius 3 is 1.90 bits per heavy atom. The third-order valence-corrected chi connectivity index (χ3v) is 1.60. The molecule has 6 heteroatoms. The molecule has 0 aliphatic carbocycles. The summed E-state index contributed by atoms with van der Waals surface area (Å²) in [6.45, 7) is 0. The van der Waals surface area contributed by atoms with Crippen molar-refractivity contribution in [3.05, 3.63) is 12.2 Å². The number of amides is 2. The maximum absolute atomic E-state index is 10.5. The summed E-state index contributed by atoms with van der Waals surface area (Å²) < 4.78 is 18.7. The number of carbonyl (C=O) groups excluding carboxylic acids is 2. The first-order chi connectivity index (χ1) is 4.63. The van der Waals surface area contributed by atoms with Gasteiger partial charge in [-0.25, -0.2) is 4.21 Å². The van der Waals surface area contributed by atoms with Gasteiger partial charge in [-0.2, -0.15) is 4.31 Å². The van der Waals surface area contributed by atoms with Crippen molar-refractivity contribution in [1.82, 2.24) is 4.31 Å². The van der Waals surface area contributed by atoms with E-state index >= 15 is 0 Å². The first-order valence-electron chi connectivity index (χ1n) is 2.30. The molecule has 1 atom stereocenters.